The molecule has 0 aliphatic heterocycles. The molecule has 0 unspecified atom stereocenters. The minimum Gasteiger partial charge on any atom is -0.267 e. The van der Waals surface area contributed by atoms with Gasteiger partial charge in [0.1, 0.15) is 5.69 Å². The summed E-state index contributed by atoms with van der Waals surface area (Å²) in [6.07, 6.45) is 1.23. The van der Waals surface area contributed by atoms with E-state index in [0.29, 0.717) is 21.5 Å². The van der Waals surface area contributed by atoms with Crippen molar-refractivity contribution in [2.75, 3.05) is 0 Å². The molecule has 2 aromatic carbocycles. The van der Waals surface area contributed by atoms with Gasteiger partial charge >= 0.3 is 0 Å². The Balaban J connectivity index is 1.95. The zero-order valence-electron chi connectivity index (χ0n) is 13.9. The molecule has 0 aliphatic carbocycles. The Kier molecular flexibility index (Phi) is 4.64. The van der Waals surface area contributed by atoms with Gasteiger partial charge in [-0.15, -0.1) is 0 Å². The molecule has 4 rings (SSSR count). The third-order valence-electron chi connectivity index (χ3n) is 4.17. The summed E-state index contributed by atoms with van der Waals surface area (Å²) >= 11 is 11.9. The molecule has 27 heavy (non-hydrogen) atoms. The second-order valence-corrected chi connectivity index (χ2v) is 6.85. The Morgan fingerprint density at radius 1 is 0.963 bits per heavy atom. The maximum atomic E-state index is 14.4. The van der Waals surface area contributed by atoms with Crippen LogP contribution >= 0.6 is 23.2 Å². The van der Waals surface area contributed by atoms with Gasteiger partial charge in [-0.3, -0.25) is 4.79 Å². The Hall–Kier alpha value is -2.76. The highest BCUT2D eigenvalue weighted by atomic mass is 35.5. The standard InChI is InChI=1S/C20H12Cl2FN3O/c21-13-7-5-12(6-8-13)11-26-20(27)16-4-2-1-3-15(16)18(25-26)17-9-14(22)10-24-19(17)23/h1-10H,11H2. The van der Waals surface area contributed by atoms with Gasteiger partial charge < -0.3 is 0 Å². The van der Waals surface area contributed by atoms with Crippen molar-refractivity contribution in [2.45, 2.75) is 6.54 Å². The van der Waals surface area contributed by atoms with Crippen molar-refractivity contribution >= 4 is 34.0 Å². The van der Waals surface area contributed by atoms with Crippen molar-refractivity contribution in [1.82, 2.24) is 14.8 Å². The van der Waals surface area contributed by atoms with Gasteiger partial charge in [-0.05, 0) is 29.8 Å². The van der Waals surface area contributed by atoms with Crippen LogP contribution in [0.4, 0.5) is 4.39 Å². The van der Waals surface area contributed by atoms with Gasteiger partial charge in [0.05, 0.1) is 22.5 Å². The lowest BCUT2D eigenvalue weighted by atomic mass is 10.1. The summed E-state index contributed by atoms with van der Waals surface area (Å²) < 4.78 is 15.7. The summed E-state index contributed by atoms with van der Waals surface area (Å²) in [5.74, 6) is -0.700. The van der Waals surface area contributed by atoms with Crippen molar-refractivity contribution in [3.05, 3.63) is 92.7 Å². The van der Waals surface area contributed by atoms with Crippen LogP contribution in [-0.4, -0.2) is 14.8 Å². The maximum Gasteiger partial charge on any atom is 0.274 e. The minimum atomic E-state index is -0.700. The first-order chi connectivity index (χ1) is 13.0. The smallest absolute Gasteiger partial charge is 0.267 e. The summed E-state index contributed by atoms with van der Waals surface area (Å²) in [4.78, 5) is 16.5. The molecule has 0 bridgehead atoms. The van der Waals surface area contributed by atoms with Crippen LogP contribution in [0.1, 0.15) is 5.56 Å². The molecule has 2 heterocycles. The van der Waals surface area contributed by atoms with E-state index in [0.717, 1.165) is 5.56 Å². The minimum absolute atomic E-state index is 0.142. The van der Waals surface area contributed by atoms with Gasteiger partial charge in [0.15, 0.2) is 0 Å². The Bertz CT molecular complexity index is 1210. The van der Waals surface area contributed by atoms with Crippen LogP contribution in [0.5, 0.6) is 0 Å². The highest BCUT2D eigenvalue weighted by Crippen LogP contribution is 2.28. The topological polar surface area (TPSA) is 47.8 Å². The first-order valence-corrected chi connectivity index (χ1v) is 8.84. The lowest BCUT2D eigenvalue weighted by Crippen LogP contribution is -2.24. The van der Waals surface area contributed by atoms with Crippen LogP contribution in [-0.2, 0) is 6.54 Å². The van der Waals surface area contributed by atoms with Crippen molar-refractivity contribution in [1.29, 1.82) is 0 Å². The number of nitrogens with zero attached hydrogens (tertiary/aromatic N) is 3. The van der Waals surface area contributed by atoms with E-state index >= 15 is 0 Å². The van der Waals surface area contributed by atoms with Crippen LogP contribution in [0.25, 0.3) is 22.0 Å². The van der Waals surface area contributed by atoms with Gasteiger partial charge in [-0.2, -0.15) is 9.49 Å². The van der Waals surface area contributed by atoms with Gasteiger partial charge in [-0.1, -0.05) is 53.5 Å². The molecule has 4 aromatic rings. The monoisotopic (exact) mass is 399 g/mol. The van der Waals surface area contributed by atoms with Crippen LogP contribution in [0.3, 0.4) is 0 Å². The van der Waals surface area contributed by atoms with Crippen LogP contribution in [0, 0.1) is 5.95 Å². The number of aromatic nitrogens is 3. The molecule has 0 saturated carbocycles. The molecule has 0 aliphatic rings. The average molecular weight is 400 g/mol. The molecule has 7 heteroatoms. The fraction of sp³-hybridized carbons (Fsp3) is 0.0500. The van der Waals surface area contributed by atoms with E-state index in [1.165, 1.54) is 16.9 Å². The number of fused-ring (bicyclic) bond motifs is 1. The molecule has 0 amide bonds. The fourth-order valence-corrected chi connectivity index (χ4v) is 3.18. The normalized spacial score (nSPS) is 11.1. The molecule has 0 spiro atoms. The molecule has 2 aromatic heterocycles. The SMILES string of the molecule is O=c1c2ccccc2c(-c2cc(Cl)cnc2F)nn1Cc1ccc(Cl)cc1. The third-order valence-corrected chi connectivity index (χ3v) is 4.63. The summed E-state index contributed by atoms with van der Waals surface area (Å²) in [6.45, 7) is 0.226. The number of hydrogen-bond acceptors (Lipinski definition) is 3. The number of benzene rings is 2. The van der Waals surface area contributed by atoms with E-state index in [2.05, 4.69) is 10.1 Å². The highest BCUT2D eigenvalue weighted by Gasteiger charge is 2.16. The van der Waals surface area contributed by atoms with Crippen LogP contribution in [0.15, 0.2) is 65.6 Å². The second-order valence-electron chi connectivity index (χ2n) is 5.98. The molecule has 0 saturated heterocycles. The Morgan fingerprint density at radius 3 is 2.41 bits per heavy atom. The molecule has 0 fully saturated rings. The predicted octanol–water partition coefficient (Wildman–Crippen LogP) is 4.95. The molecule has 4 nitrogen and oxygen atoms in total. The van der Waals surface area contributed by atoms with E-state index in [-0.39, 0.29) is 22.7 Å². The van der Waals surface area contributed by atoms with Crippen molar-refractivity contribution in [3.63, 3.8) is 0 Å². The molecule has 0 N–H and O–H groups in total. The van der Waals surface area contributed by atoms with Crippen molar-refractivity contribution in [3.8, 4) is 11.3 Å². The molecule has 0 atom stereocenters. The highest BCUT2D eigenvalue weighted by molar-refractivity contribution is 6.31. The first kappa shape index (κ1) is 17.6. The number of halogens is 3. The lowest BCUT2D eigenvalue weighted by molar-refractivity contribution is 0.584. The average Bonchev–Trinajstić information content (AvgIpc) is 2.68. The van der Waals surface area contributed by atoms with Gasteiger partial charge in [0.2, 0.25) is 5.95 Å². The van der Waals surface area contributed by atoms with Gasteiger partial charge in [-0.25, -0.2) is 9.67 Å². The van der Waals surface area contributed by atoms with E-state index in [1.807, 2.05) is 12.1 Å². The molecule has 0 radical (unpaired) electrons. The van der Waals surface area contributed by atoms with Crippen molar-refractivity contribution in [2.24, 2.45) is 0 Å². The first-order valence-electron chi connectivity index (χ1n) is 8.08. The van der Waals surface area contributed by atoms with Crippen LogP contribution < -0.4 is 5.56 Å². The van der Waals surface area contributed by atoms with Gasteiger partial charge in [0.25, 0.3) is 5.56 Å². The van der Waals surface area contributed by atoms with Crippen LogP contribution in [0.2, 0.25) is 10.0 Å². The third kappa shape index (κ3) is 3.44. The van der Waals surface area contributed by atoms with Gasteiger partial charge in [0, 0.05) is 16.6 Å². The van der Waals surface area contributed by atoms with E-state index in [4.69, 9.17) is 23.2 Å². The molecular weight excluding hydrogens is 388 g/mol. The summed E-state index contributed by atoms with van der Waals surface area (Å²) in [6, 6.07) is 15.5. The summed E-state index contributed by atoms with van der Waals surface area (Å²) in [5, 5.41) is 6.29. The summed E-state index contributed by atoms with van der Waals surface area (Å²) in [5.41, 5.74) is 1.04. The molecular formula is C20H12Cl2FN3O. The van der Waals surface area contributed by atoms with E-state index in [1.54, 1.807) is 36.4 Å². The lowest BCUT2D eigenvalue weighted by Gasteiger charge is -2.12. The second kappa shape index (κ2) is 7.10. The maximum absolute atomic E-state index is 14.4. The quantitative estimate of drug-likeness (QED) is 0.457. The van der Waals surface area contributed by atoms with Crippen molar-refractivity contribution < 1.29 is 4.39 Å². The zero-order chi connectivity index (χ0) is 19.0. The Morgan fingerprint density at radius 2 is 1.67 bits per heavy atom. The van der Waals surface area contributed by atoms with E-state index in [9.17, 15) is 9.18 Å². The largest absolute Gasteiger partial charge is 0.274 e. The van der Waals surface area contributed by atoms with E-state index < -0.39 is 5.95 Å². The summed E-state index contributed by atoms with van der Waals surface area (Å²) in [7, 11) is 0. The number of pyridine rings is 1. The Labute approximate surface area is 163 Å². The fourth-order valence-electron chi connectivity index (χ4n) is 2.89. The zero-order valence-corrected chi connectivity index (χ0v) is 15.4. The number of hydrogen-bond donors (Lipinski definition) is 0. The number of rotatable bonds is 3. The predicted molar refractivity (Wildman–Crippen MR) is 105 cm³/mol. The molecule has 134 valence electrons.